The number of esters is 1. The number of amides is 2. The van der Waals surface area contributed by atoms with Gasteiger partial charge in [-0.1, -0.05) is 48.7 Å². The highest BCUT2D eigenvalue weighted by Crippen LogP contribution is 2.22. The maximum Gasteiger partial charge on any atom is 0.329 e. The third kappa shape index (κ3) is 6.58. The summed E-state index contributed by atoms with van der Waals surface area (Å²) in [6.45, 7) is 4.89. The van der Waals surface area contributed by atoms with Crippen molar-refractivity contribution in [3.8, 4) is 0 Å². The number of nitrogens with one attached hydrogen (secondary N) is 2. The Hall–Kier alpha value is -2.35. The molecule has 0 aliphatic carbocycles. The van der Waals surface area contributed by atoms with Crippen LogP contribution in [0.1, 0.15) is 31.1 Å². The summed E-state index contributed by atoms with van der Waals surface area (Å²) in [5.74, 6) is -2.03. The van der Waals surface area contributed by atoms with E-state index in [4.69, 9.17) is 39.5 Å². The first-order valence-electron chi connectivity index (χ1n) is 8.97. The lowest BCUT2D eigenvalue weighted by atomic mass is 10.0. The summed E-state index contributed by atoms with van der Waals surface area (Å²) in [5, 5.41) is 6.03. The number of halogens is 3. The predicted molar refractivity (Wildman–Crippen MR) is 116 cm³/mol. The second kappa shape index (κ2) is 10.6. The Morgan fingerprint density at radius 3 is 2.20 bits per heavy atom. The Morgan fingerprint density at radius 2 is 1.63 bits per heavy atom. The molecule has 0 aliphatic heterocycles. The Labute approximate surface area is 189 Å². The molecule has 7 nitrogen and oxygen atoms in total. The second-order valence-electron chi connectivity index (χ2n) is 6.75. The van der Waals surface area contributed by atoms with Crippen LogP contribution >= 0.6 is 34.8 Å². The highest BCUT2D eigenvalue weighted by atomic mass is 35.5. The molecule has 1 aromatic heterocycles. The molecule has 0 saturated heterocycles. The molecule has 0 saturated carbocycles. The van der Waals surface area contributed by atoms with Gasteiger partial charge in [-0.05, 0) is 43.2 Å². The number of ether oxygens (including phenoxy) is 1. The van der Waals surface area contributed by atoms with Gasteiger partial charge in [0.2, 0.25) is 0 Å². The van der Waals surface area contributed by atoms with Crippen LogP contribution < -0.4 is 10.6 Å². The molecule has 0 aliphatic rings. The van der Waals surface area contributed by atoms with Gasteiger partial charge in [-0.2, -0.15) is 0 Å². The van der Waals surface area contributed by atoms with Crippen LogP contribution in [-0.4, -0.2) is 34.9 Å². The summed E-state index contributed by atoms with van der Waals surface area (Å²) >= 11 is 17.6. The molecule has 2 aromatic rings. The molecule has 160 valence electrons. The molecular formula is C20H20Cl3N3O4. The Morgan fingerprint density at radius 1 is 1.00 bits per heavy atom. The van der Waals surface area contributed by atoms with Crippen LogP contribution in [0.25, 0.3) is 0 Å². The Bertz CT molecular complexity index is 935. The number of rotatable bonds is 7. The first-order valence-corrected chi connectivity index (χ1v) is 10.1. The van der Waals surface area contributed by atoms with E-state index >= 15 is 0 Å². The highest BCUT2D eigenvalue weighted by molar-refractivity contribution is 6.36. The van der Waals surface area contributed by atoms with Crippen LogP contribution in [0.5, 0.6) is 0 Å². The maximum atomic E-state index is 12.6. The van der Waals surface area contributed by atoms with E-state index in [1.165, 1.54) is 19.2 Å². The predicted octanol–water partition coefficient (Wildman–Crippen LogP) is 4.37. The zero-order valence-electron chi connectivity index (χ0n) is 16.4. The number of hydrogen-bond acceptors (Lipinski definition) is 5. The van der Waals surface area contributed by atoms with Crippen molar-refractivity contribution in [2.24, 2.45) is 5.92 Å². The molecule has 30 heavy (non-hydrogen) atoms. The van der Waals surface area contributed by atoms with Gasteiger partial charge in [0.25, 0.3) is 11.8 Å². The summed E-state index contributed by atoms with van der Waals surface area (Å²) in [7, 11) is 0. The van der Waals surface area contributed by atoms with Gasteiger partial charge in [0.05, 0.1) is 10.0 Å². The van der Waals surface area contributed by atoms with Crippen molar-refractivity contribution in [1.82, 2.24) is 10.3 Å². The fourth-order valence-corrected chi connectivity index (χ4v) is 2.90. The van der Waals surface area contributed by atoms with E-state index in [0.717, 1.165) is 0 Å². The average Bonchev–Trinajstić information content (AvgIpc) is 2.68. The molecule has 2 atom stereocenters. The van der Waals surface area contributed by atoms with Gasteiger partial charge in [0.1, 0.15) is 6.04 Å². The van der Waals surface area contributed by atoms with Crippen molar-refractivity contribution in [3.63, 3.8) is 0 Å². The van der Waals surface area contributed by atoms with Crippen LogP contribution in [0.2, 0.25) is 15.1 Å². The zero-order valence-corrected chi connectivity index (χ0v) is 18.7. The minimum Gasteiger partial charge on any atom is -0.451 e. The molecule has 1 unspecified atom stereocenters. The molecule has 2 rings (SSSR count). The normalized spacial score (nSPS) is 12.8. The summed E-state index contributed by atoms with van der Waals surface area (Å²) in [6.07, 6.45) is 0.167. The van der Waals surface area contributed by atoms with E-state index < -0.39 is 29.9 Å². The van der Waals surface area contributed by atoms with Gasteiger partial charge in [0.15, 0.2) is 11.9 Å². The summed E-state index contributed by atoms with van der Waals surface area (Å²) < 4.78 is 5.24. The van der Waals surface area contributed by atoms with Crippen molar-refractivity contribution in [3.05, 3.63) is 57.2 Å². The quantitative estimate of drug-likeness (QED) is 0.583. The molecule has 0 spiro atoms. The number of nitrogens with zero attached hydrogens (tertiary/aromatic N) is 1. The molecule has 2 amide bonds. The third-order valence-electron chi connectivity index (χ3n) is 4.03. The molecule has 10 heteroatoms. The molecule has 1 heterocycles. The maximum absolute atomic E-state index is 12.6. The first-order chi connectivity index (χ1) is 14.1. The smallest absolute Gasteiger partial charge is 0.329 e. The highest BCUT2D eigenvalue weighted by Gasteiger charge is 2.29. The minimum atomic E-state index is -1.15. The summed E-state index contributed by atoms with van der Waals surface area (Å²) in [6, 6.07) is 6.69. The van der Waals surface area contributed by atoms with Crippen LogP contribution in [0, 0.1) is 5.92 Å². The van der Waals surface area contributed by atoms with Crippen LogP contribution in [0.3, 0.4) is 0 Å². The van der Waals surface area contributed by atoms with Gasteiger partial charge < -0.3 is 15.4 Å². The number of pyridine rings is 1. The van der Waals surface area contributed by atoms with Crippen LogP contribution in [0.15, 0.2) is 36.5 Å². The summed E-state index contributed by atoms with van der Waals surface area (Å²) in [4.78, 5) is 41.3. The van der Waals surface area contributed by atoms with E-state index in [0.29, 0.717) is 15.6 Å². The van der Waals surface area contributed by atoms with E-state index in [1.807, 2.05) is 0 Å². The zero-order chi connectivity index (χ0) is 22.4. The lowest BCUT2D eigenvalue weighted by Crippen LogP contribution is -2.47. The molecule has 2 N–H and O–H groups in total. The van der Waals surface area contributed by atoms with Gasteiger partial charge >= 0.3 is 5.97 Å². The number of benzene rings is 1. The summed E-state index contributed by atoms with van der Waals surface area (Å²) in [5.41, 5.74) is 0.340. The molecular weight excluding hydrogens is 453 g/mol. The van der Waals surface area contributed by atoms with Crippen molar-refractivity contribution in [1.29, 1.82) is 0 Å². The average molecular weight is 473 g/mol. The van der Waals surface area contributed by atoms with Gasteiger partial charge in [-0.3, -0.25) is 9.59 Å². The topological polar surface area (TPSA) is 97.4 Å². The van der Waals surface area contributed by atoms with Gasteiger partial charge in [0, 0.05) is 16.8 Å². The Balaban J connectivity index is 2.01. The van der Waals surface area contributed by atoms with Crippen LogP contribution in [-0.2, 0) is 14.3 Å². The number of anilines is 1. The second-order valence-corrected chi connectivity index (χ2v) is 8.03. The number of carbonyl (C=O) groups excluding carboxylic acids is 3. The van der Waals surface area contributed by atoms with Crippen molar-refractivity contribution in [2.45, 2.75) is 32.9 Å². The molecule has 0 fully saturated rings. The monoisotopic (exact) mass is 471 g/mol. The van der Waals surface area contributed by atoms with E-state index in [1.54, 1.807) is 38.1 Å². The molecule has 1 aromatic carbocycles. The van der Waals surface area contributed by atoms with Crippen molar-refractivity contribution in [2.75, 3.05) is 5.32 Å². The van der Waals surface area contributed by atoms with Crippen molar-refractivity contribution < 1.29 is 19.1 Å². The van der Waals surface area contributed by atoms with E-state index in [-0.39, 0.29) is 16.8 Å². The fraction of sp³-hybridized carbons (Fsp3) is 0.300. The number of hydrogen-bond donors (Lipinski definition) is 2. The number of aromatic nitrogens is 1. The fourth-order valence-electron chi connectivity index (χ4n) is 2.35. The SMILES string of the molecule is CC(OC(=O)[C@@H](NC(=O)c1ccc(Cl)cc1)C(C)C)C(=O)Nc1ncc(Cl)cc1Cl. The first kappa shape index (κ1) is 23.9. The Kier molecular flexibility index (Phi) is 8.46. The molecule has 0 bridgehead atoms. The van der Waals surface area contributed by atoms with Gasteiger partial charge in [-0.25, -0.2) is 9.78 Å². The third-order valence-corrected chi connectivity index (χ3v) is 4.77. The minimum absolute atomic E-state index is 0.0883. The largest absolute Gasteiger partial charge is 0.451 e. The molecule has 0 radical (unpaired) electrons. The lowest BCUT2D eigenvalue weighted by Gasteiger charge is -2.23. The number of carbonyl (C=O) groups is 3. The lowest BCUT2D eigenvalue weighted by molar-refractivity contribution is -0.156. The van der Waals surface area contributed by atoms with Crippen LogP contribution in [0.4, 0.5) is 5.82 Å². The van der Waals surface area contributed by atoms with Crippen molar-refractivity contribution >= 4 is 58.4 Å². The van der Waals surface area contributed by atoms with Gasteiger partial charge in [-0.15, -0.1) is 0 Å². The van der Waals surface area contributed by atoms with E-state index in [9.17, 15) is 14.4 Å². The standard InChI is InChI=1S/C20H20Cl3N3O4/c1-10(2)16(25-19(28)12-4-6-13(21)7-5-12)20(29)30-11(3)18(27)26-17-15(23)8-14(22)9-24-17/h4-11,16H,1-3H3,(H,25,28)(H,24,26,27)/t11?,16-/m0/s1. The van der Waals surface area contributed by atoms with E-state index in [2.05, 4.69) is 15.6 Å².